The first-order chi connectivity index (χ1) is 9.26. The van der Waals surface area contributed by atoms with Crippen molar-refractivity contribution in [1.29, 1.82) is 0 Å². The molecule has 0 aliphatic rings. The minimum Gasteiger partial charge on any atom is -0.497 e. The second-order valence-electron chi connectivity index (χ2n) is 4.33. The molecule has 19 heavy (non-hydrogen) atoms. The van der Waals surface area contributed by atoms with Crippen LogP contribution in [-0.2, 0) is 13.0 Å². The molecule has 0 heterocycles. The summed E-state index contributed by atoms with van der Waals surface area (Å²) in [6, 6.07) is 13.7. The van der Waals surface area contributed by atoms with Crippen LogP contribution in [0.1, 0.15) is 16.7 Å². The third-order valence-electron chi connectivity index (χ3n) is 3.09. The Hall–Kier alpha value is -2.00. The van der Waals surface area contributed by atoms with Gasteiger partial charge in [-0.15, -0.1) is 0 Å². The maximum absolute atomic E-state index is 9.03. The number of methoxy groups -OCH3 is 2. The maximum atomic E-state index is 9.03. The summed E-state index contributed by atoms with van der Waals surface area (Å²) in [7, 11) is 3.32. The Bertz CT molecular complexity index is 532. The van der Waals surface area contributed by atoms with E-state index in [9.17, 15) is 0 Å². The molecule has 0 aromatic heterocycles. The largest absolute Gasteiger partial charge is 0.497 e. The molecule has 0 atom stereocenters. The molecule has 0 aliphatic carbocycles. The Morgan fingerprint density at radius 1 is 0.895 bits per heavy atom. The van der Waals surface area contributed by atoms with Crippen molar-refractivity contribution >= 4 is 0 Å². The Morgan fingerprint density at radius 2 is 1.58 bits per heavy atom. The van der Waals surface area contributed by atoms with Crippen LogP contribution in [0.15, 0.2) is 42.5 Å². The fourth-order valence-corrected chi connectivity index (χ4v) is 2.00. The summed E-state index contributed by atoms with van der Waals surface area (Å²) < 4.78 is 10.6. The summed E-state index contributed by atoms with van der Waals surface area (Å²) in [5, 5.41) is 9.03. The molecule has 2 rings (SSSR count). The van der Waals surface area contributed by atoms with E-state index >= 15 is 0 Å². The third-order valence-corrected chi connectivity index (χ3v) is 3.09. The number of hydrogen-bond acceptors (Lipinski definition) is 3. The van der Waals surface area contributed by atoms with Gasteiger partial charge in [0.25, 0.3) is 0 Å². The molecule has 3 heteroatoms. The number of ether oxygens (including phenoxy) is 2. The monoisotopic (exact) mass is 258 g/mol. The van der Waals surface area contributed by atoms with E-state index in [2.05, 4.69) is 0 Å². The molecule has 2 aromatic carbocycles. The van der Waals surface area contributed by atoms with Gasteiger partial charge in [-0.25, -0.2) is 0 Å². The molecule has 0 fully saturated rings. The zero-order valence-electron chi connectivity index (χ0n) is 11.2. The van der Waals surface area contributed by atoms with Crippen LogP contribution < -0.4 is 9.47 Å². The van der Waals surface area contributed by atoms with Crippen LogP contribution in [0.4, 0.5) is 0 Å². The summed E-state index contributed by atoms with van der Waals surface area (Å²) in [6.07, 6.45) is 0.770. The van der Waals surface area contributed by atoms with Gasteiger partial charge >= 0.3 is 0 Å². The lowest BCUT2D eigenvalue weighted by Crippen LogP contribution is -1.95. The minimum atomic E-state index is 0.0722. The Morgan fingerprint density at radius 3 is 2.16 bits per heavy atom. The number of aliphatic hydroxyl groups excluding tert-OH is 1. The molecule has 100 valence electrons. The Kier molecular flexibility index (Phi) is 4.42. The lowest BCUT2D eigenvalue weighted by molar-refractivity contribution is 0.282. The van der Waals surface area contributed by atoms with Gasteiger partial charge in [0.1, 0.15) is 11.5 Å². The summed E-state index contributed by atoms with van der Waals surface area (Å²) in [5.41, 5.74) is 3.17. The third kappa shape index (κ3) is 3.26. The molecular weight excluding hydrogens is 240 g/mol. The topological polar surface area (TPSA) is 38.7 Å². The van der Waals surface area contributed by atoms with E-state index in [0.717, 1.165) is 29.0 Å². The molecule has 0 spiro atoms. The summed E-state index contributed by atoms with van der Waals surface area (Å²) in [6.45, 7) is 0.0722. The van der Waals surface area contributed by atoms with Gasteiger partial charge in [0.15, 0.2) is 0 Å². The highest BCUT2D eigenvalue weighted by molar-refractivity contribution is 5.43. The first-order valence-corrected chi connectivity index (χ1v) is 6.16. The molecular formula is C16H18O3. The van der Waals surface area contributed by atoms with E-state index in [1.165, 1.54) is 5.56 Å². The van der Waals surface area contributed by atoms with Gasteiger partial charge in [0.05, 0.1) is 20.8 Å². The first kappa shape index (κ1) is 13.4. The van der Waals surface area contributed by atoms with Gasteiger partial charge in [0.2, 0.25) is 0 Å². The van der Waals surface area contributed by atoms with Gasteiger partial charge < -0.3 is 14.6 Å². The molecule has 0 radical (unpaired) electrons. The second kappa shape index (κ2) is 6.25. The lowest BCUT2D eigenvalue weighted by Gasteiger charge is -2.10. The fraction of sp³-hybridized carbons (Fsp3) is 0.250. The molecule has 0 aliphatic heterocycles. The summed E-state index contributed by atoms with van der Waals surface area (Å²) in [4.78, 5) is 0. The van der Waals surface area contributed by atoms with Gasteiger partial charge in [-0.2, -0.15) is 0 Å². The fourth-order valence-electron chi connectivity index (χ4n) is 2.00. The number of rotatable bonds is 5. The molecule has 3 nitrogen and oxygen atoms in total. The molecule has 0 saturated carbocycles. The lowest BCUT2D eigenvalue weighted by atomic mass is 10.0. The van der Waals surface area contributed by atoms with Crippen molar-refractivity contribution in [3.8, 4) is 11.5 Å². The summed E-state index contributed by atoms with van der Waals surface area (Å²) in [5.74, 6) is 1.68. The van der Waals surface area contributed by atoms with Crippen LogP contribution in [0, 0.1) is 0 Å². The zero-order valence-corrected chi connectivity index (χ0v) is 11.2. The van der Waals surface area contributed by atoms with E-state index < -0.39 is 0 Å². The van der Waals surface area contributed by atoms with E-state index in [-0.39, 0.29) is 6.61 Å². The Balaban J connectivity index is 2.25. The maximum Gasteiger partial charge on any atom is 0.122 e. The molecule has 2 aromatic rings. The van der Waals surface area contributed by atoms with Crippen LogP contribution in [0.25, 0.3) is 0 Å². The first-order valence-electron chi connectivity index (χ1n) is 6.16. The van der Waals surface area contributed by atoms with E-state index in [0.29, 0.717) is 0 Å². The molecule has 0 unspecified atom stereocenters. The van der Waals surface area contributed by atoms with Crippen LogP contribution >= 0.6 is 0 Å². The van der Waals surface area contributed by atoms with Gasteiger partial charge in [-0.05, 0) is 29.3 Å². The highest BCUT2D eigenvalue weighted by Gasteiger charge is 2.06. The Labute approximate surface area is 113 Å². The van der Waals surface area contributed by atoms with Crippen molar-refractivity contribution in [2.75, 3.05) is 14.2 Å². The van der Waals surface area contributed by atoms with Gasteiger partial charge in [0, 0.05) is 12.0 Å². The zero-order chi connectivity index (χ0) is 13.7. The highest BCUT2D eigenvalue weighted by atomic mass is 16.5. The average Bonchev–Trinajstić information content (AvgIpc) is 2.48. The standard InChI is InChI=1S/C16H18O3/c1-18-15-7-8-16(19-2)14(10-15)9-12-3-5-13(11-17)6-4-12/h3-8,10,17H,9,11H2,1-2H3. The quantitative estimate of drug-likeness (QED) is 0.896. The van der Waals surface area contributed by atoms with Crippen LogP contribution in [0.5, 0.6) is 11.5 Å². The number of aliphatic hydroxyl groups is 1. The predicted octanol–water partition coefficient (Wildman–Crippen LogP) is 2.79. The highest BCUT2D eigenvalue weighted by Crippen LogP contribution is 2.26. The number of benzene rings is 2. The SMILES string of the molecule is COc1ccc(OC)c(Cc2ccc(CO)cc2)c1. The molecule has 1 N–H and O–H groups in total. The van der Waals surface area contributed by atoms with E-state index in [1.54, 1.807) is 14.2 Å². The van der Waals surface area contributed by atoms with E-state index in [4.69, 9.17) is 14.6 Å². The van der Waals surface area contributed by atoms with Gasteiger partial charge in [-0.1, -0.05) is 24.3 Å². The van der Waals surface area contributed by atoms with Crippen molar-refractivity contribution < 1.29 is 14.6 Å². The predicted molar refractivity (Wildman–Crippen MR) is 74.7 cm³/mol. The van der Waals surface area contributed by atoms with Crippen LogP contribution in [-0.4, -0.2) is 19.3 Å². The molecule has 0 amide bonds. The second-order valence-corrected chi connectivity index (χ2v) is 4.33. The van der Waals surface area contributed by atoms with E-state index in [1.807, 2.05) is 42.5 Å². The van der Waals surface area contributed by atoms with Gasteiger partial charge in [-0.3, -0.25) is 0 Å². The van der Waals surface area contributed by atoms with Crippen molar-refractivity contribution in [1.82, 2.24) is 0 Å². The average molecular weight is 258 g/mol. The van der Waals surface area contributed by atoms with Crippen molar-refractivity contribution in [3.05, 3.63) is 59.2 Å². The van der Waals surface area contributed by atoms with Crippen LogP contribution in [0.2, 0.25) is 0 Å². The molecule has 0 bridgehead atoms. The minimum absolute atomic E-state index is 0.0722. The van der Waals surface area contributed by atoms with Crippen molar-refractivity contribution in [2.24, 2.45) is 0 Å². The van der Waals surface area contributed by atoms with Crippen molar-refractivity contribution in [3.63, 3.8) is 0 Å². The van der Waals surface area contributed by atoms with Crippen molar-refractivity contribution in [2.45, 2.75) is 13.0 Å². The van der Waals surface area contributed by atoms with Crippen LogP contribution in [0.3, 0.4) is 0 Å². The molecule has 0 saturated heterocycles. The smallest absolute Gasteiger partial charge is 0.122 e. The normalized spacial score (nSPS) is 10.3. The summed E-state index contributed by atoms with van der Waals surface area (Å²) >= 11 is 0. The number of hydrogen-bond donors (Lipinski definition) is 1.